The molecule has 0 unspecified atom stereocenters. The van der Waals surface area contributed by atoms with Crippen LogP contribution in [0.5, 0.6) is 0 Å². The summed E-state index contributed by atoms with van der Waals surface area (Å²) in [6.45, 7) is 2.10. The Morgan fingerprint density at radius 3 is 2.33 bits per heavy atom. The molecule has 1 nitrogen and oxygen atoms in total. The Kier molecular flexibility index (Phi) is 2.77. The number of benzene rings is 1. The Morgan fingerprint density at radius 1 is 1.20 bits per heavy atom. The Bertz CT molecular complexity index is 363. The molecule has 0 aliphatic heterocycles. The Hall–Kier alpha value is -1.29. The van der Waals surface area contributed by atoms with Gasteiger partial charge < -0.3 is 0 Å². The molecule has 15 heavy (non-hydrogen) atoms. The molecule has 78 valence electrons. The summed E-state index contributed by atoms with van der Waals surface area (Å²) in [5, 5.41) is 9.28. The number of hydrogen-bond acceptors (Lipinski definition) is 1. The summed E-state index contributed by atoms with van der Waals surface area (Å²) < 4.78 is 0. The average molecular weight is 199 g/mol. The third-order valence-electron chi connectivity index (χ3n) is 3.46. The van der Waals surface area contributed by atoms with Gasteiger partial charge in [-0.2, -0.15) is 5.26 Å². The highest BCUT2D eigenvalue weighted by Crippen LogP contribution is 2.40. The average Bonchev–Trinajstić information content (AvgIpc) is 2.71. The van der Waals surface area contributed by atoms with Crippen molar-refractivity contribution in [3.63, 3.8) is 0 Å². The second-order valence-corrected chi connectivity index (χ2v) is 4.76. The molecule has 0 amide bonds. The van der Waals surface area contributed by atoms with Gasteiger partial charge in [0.15, 0.2) is 0 Å². The topological polar surface area (TPSA) is 23.8 Å². The van der Waals surface area contributed by atoms with E-state index >= 15 is 0 Å². The van der Waals surface area contributed by atoms with Gasteiger partial charge in [-0.3, -0.25) is 0 Å². The molecule has 0 spiro atoms. The molecule has 1 aliphatic carbocycles. The molecule has 0 saturated heterocycles. The summed E-state index contributed by atoms with van der Waals surface area (Å²) in [7, 11) is 0. The predicted octanol–water partition coefficient (Wildman–Crippen LogP) is 3.62. The van der Waals surface area contributed by atoms with E-state index in [4.69, 9.17) is 0 Å². The molecular weight excluding hydrogens is 182 g/mol. The van der Waals surface area contributed by atoms with Crippen LogP contribution < -0.4 is 0 Å². The molecule has 1 aromatic rings. The SMILES string of the molecule is Cc1ccc(CC2(C#N)CCCC2)cc1. The van der Waals surface area contributed by atoms with Gasteiger partial charge in [0.05, 0.1) is 11.5 Å². The molecule has 1 aromatic carbocycles. The summed E-state index contributed by atoms with van der Waals surface area (Å²) in [5.74, 6) is 0. The van der Waals surface area contributed by atoms with E-state index in [1.807, 2.05) is 0 Å². The smallest absolute Gasteiger partial charge is 0.0693 e. The first kappa shape index (κ1) is 10.2. The zero-order valence-corrected chi connectivity index (χ0v) is 9.29. The normalized spacial score (nSPS) is 18.7. The number of hydrogen-bond donors (Lipinski definition) is 0. The molecule has 1 heteroatoms. The standard InChI is InChI=1S/C14H17N/c1-12-4-6-13(7-5-12)10-14(11-15)8-2-3-9-14/h4-7H,2-3,8-10H2,1H3. The van der Waals surface area contributed by atoms with E-state index in [0.29, 0.717) is 0 Å². The van der Waals surface area contributed by atoms with Gasteiger partial charge in [0.2, 0.25) is 0 Å². The van der Waals surface area contributed by atoms with Gasteiger partial charge >= 0.3 is 0 Å². The summed E-state index contributed by atoms with van der Waals surface area (Å²) in [6.07, 6.45) is 5.54. The second kappa shape index (κ2) is 4.06. The first-order chi connectivity index (χ1) is 7.24. The molecule has 1 fully saturated rings. The zero-order valence-electron chi connectivity index (χ0n) is 9.29. The lowest BCUT2D eigenvalue weighted by Crippen LogP contribution is -2.16. The lowest BCUT2D eigenvalue weighted by atomic mass is 9.81. The van der Waals surface area contributed by atoms with Crippen molar-refractivity contribution in [2.45, 2.75) is 39.0 Å². The minimum atomic E-state index is -0.0603. The van der Waals surface area contributed by atoms with Crippen LogP contribution >= 0.6 is 0 Å². The van der Waals surface area contributed by atoms with E-state index in [2.05, 4.69) is 37.3 Å². The third kappa shape index (κ3) is 2.21. The molecule has 0 radical (unpaired) electrons. The van der Waals surface area contributed by atoms with Crippen molar-refractivity contribution in [3.8, 4) is 6.07 Å². The van der Waals surface area contributed by atoms with Gasteiger partial charge in [-0.05, 0) is 31.7 Å². The molecule has 0 N–H and O–H groups in total. The lowest BCUT2D eigenvalue weighted by molar-refractivity contribution is 0.408. The molecule has 0 heterocycles. The van der Waals surface area contributed by atoms with Crippen molar-refractivity contribution in [3.05, 3.63) is 35.4 Å². The fourth-order valence-corrected chi connectivity index (χ4v) is 2.48. The van der Waals surface area contributed by atoms with Crippen LogP contribution in [-0.2, 0) is 6.42 Å². The Morgan fingerprint density at radius 2 is 1.80 bits per heavy atom. The number of aryl methyl sites for hydroxylation is 1. The third-order valence-corrected chi connectivity index (χ3v) is 3.46. The molecule has 0 aromatic heterocycles. The van der Waals surface area contributed by atoms with E-state index in [9.17, 15) is 5.26 Å². The maximum atomic E-state index is 9.28. The molecule has 2 rings (SSSR count). The van der Waals surface area contributed by atoms with E-state index in [1.165, 1.54) is 24.0 Å². The summed E-state index contributed by atoms with van der Waals surface area (Å²) in [4.78, 5) is 0. The van der Waals surface area contributed by atoms with E-state index in [-0.39, 0.29) is 5.41 Å². The van der Waals surface area contributed by atoms with E-state index in [1.54, 1.807) is 0 Å². The molecule has 1 aliphatic rings. The Balaban J connectivity index is 2.14. The van der Waals surface area contributed by atoms with Crippen LogP contribution in [0, 0.1) is 23.7 Å². The molecule has 0 atom stereocenters. The highest BCUT2D eigenvalue weighted by Gasteiger charge is 2.33. The van der Waals surface area contributed by atoms with E-state index < -0.39 is 0 Å². The minimum Gasteiger partial charge on any atom is -0.198 e. The van der Waals surface area contributed by atoms with Crippen molar-refractivity contribution < 1.29 is 0 Å². The van der Waals surface area contributed by atoms with Gasteiger partial charge in [0.1, 0.15) is 0 Å². The summed E-state index contributed by atoms with van der Waals surface area (Å²) in [5.41, 5.74) is 2.54. The largest absolute Gasteiger partial charge is 0.198 e. The molecule has 0 bridgehead atoms. The van der Waals surface area contributed by atoms with E-state index in [0.717, 1.165) is 19.3 Å². The highest BCUT2D eigenvalue weighted by atomic mass is 14.4. The maximum absolute atomic E-state index is 9.28. The van der Waals surface area contributed by atoms with Crippen LogP contribution in [0.2, 0.25) is 0 Å². The van der Waals surface area contributed by atoms with Crippen molar-refractivity contribution in [2.75, 3.05) is 0 Å². The first-order valence-electron chi connectivity index (χ1n) is 5.71. The fraction of sp³-hybridized carbons (Fsp3) is 0.500. The quantitative estimate of drug-likeness (QED) is 0.713. The zero-order chi connectivity index (χ0) is 10.7. The maximum Gasteiger partial charge on any atom is 0.0693 e. The van der Waals surface area contributed by atoms with Crippen LogP contribution in [-0.4, -0.2) is 0 Å². The number of nitriles is 1. The van der Waals surface area contributed by atoms with Crippen molar-refractivity contribution >= 4 is 0 Å². The van der Waals surface area contributed by atoms with Gasteiger partial charge in [-0.15, -0.1) is 0 Å². The molecular formula is C14H17N. The van der Waals surface area contributed by atoms with Gasteiger partial charge in [0.25, 0.3) is 0 Å². The minimum absolute atomic E-state index is 0.0603. The second-order valence-electron chi connectivity index (χ2n) is 4.76. The summed E-state index contributed by atoms with van der Waals surface area (Å²) in [6, 6.07) is 11.1. The van der Waals surface area contributed by atoms with Gasteiger partial charge in [-0.25, -0.2) is 0 Å². The van der Waals surface area contributed by atoms with Gasteiger partial charge in [0, 0.05) is 0 Å². The first-order valence-corrected chi connectivity index (χ1v) is 5.71. The molecule has 1 saturated carbocycles. The fourth-order valence-electron chi connectivity index (χ4n) is 2.48. The van der Waals surface area contributed by atoms with Crippen LogP contribution in [0.1, 0.15) is 36.8 Å². The number of rotatable bonds is 2. The van der Waals surface area contributed by atoms with Crippen molar-refractivity contribution in [1.82, 2.24) is 0 Å². The Labute approximate surface area is 91.7 Å². The van der Waals surface area contributed by atoms with Crippen LogP contribution in [0.3, 0.4) is 0 Å². The van der Waals surface area contributed by atoms with Crippen LogP contribution in [0.15, 0.2) is 24.3 Å². The van der Waals surface area contributed by atoms with Crippen LogP contribution in [0.4, 0.5) is 0 Å². The monoisotopic (exact) mass is 199 g/mol. The van der Waals surface area contributed by atoms with Crippen molar-refractivity contribution in [1.29, 1.82) is 5.26 Å². The predicted molar refractivity (Wildman–Crippen MR) is 61.4 cm³/mol. The number of nitrogens with zero attached hydrogens (tertiary/aromatic N) is 1. The van der Waals surface area contributed by atoms with Crippen molar-refractivity contribution in [2.24, 2.45) is 5.41 Å². The highest BCUT2D eigenvalue weighted by molar-refractivity contribution is 5.24. The summed E-state index contributed by atoms with van der Waals surface area (Å²) >= 11 is 0. The van der Waals surface area contributed by atoms with Gasteiger partial charge in [-0.1, -0.05) is 42.7 Å². The lowest BCUT2D eigenvalue weighted by Gasteiger charge is -2.19. The van der Waals surface area contributed by atoms with Crippen LogP contribution in [0.25, 0.3) is 0 Å².